The van der Waals surface area contributed by atoms with E-state index >= 15 is 0 Å². The van der Waals surface area contributed by atoms with E-state index in [1.54, 1.807) is 29.2 Å². The molecule has 23 heavy (non-hydrogen) atoms. The minimum Gasteiger partial charge on any atom is -0.484 e. The lowest BCUT2D eigenvalue weighted by Gasteiger charge is -2.32. The number of morpholine rings is 1. The molecule has 2 amide bonds. The van der Waals surface area contributed by atoms with E-state index in [1.807, 2.05) is 0 Å². The normalized spacial score (nSPS) is 17.6. The molecule has 0 bridgehead atoms. The Morgan fingerprint density at radius 1 is 1.30 bits per heavy atom. The first-order chi connectivity index (χ1) is 11.0. The zero-order chi connectivity index (χ0) is 16.8. The summed E-state index contributed by atoms with van der Waals surface area (Å²) in [7, 11) is 0. The Balaban J connectivity index is 1.96. The van der Waals surface area contributed by atoms with Crippen LogP contribution in [0, 0.1) is 0 Å². The Kier molecular flexibility index (Phi) is 5.53. The van der Waals surface area contributed by atoms with Gasteiger partial charge in [0.2, 0.25) is 0 Å². The topological polar surface area (TPSA) is 119 Å². The van der Waals surface area contributed by atoms with Crippen molar-refractivity contribution < 1.29 is 29.0 Å². The molecule has 1 unspecified atom stereocenters. The van der Waals surface area contributed by atoms with Crippen molar-refractivity contribution in [1.82, 2.24) is 4.90 Å². The number of rotatable bonds is 6. The van der Waals surface area contributed by atoms with E-state index in [9.17, 15) is 14.4 Å². The number of hydrogen-bond donors (Lipinski definition) is 2. The van der Waals surface area contributed by atoms with Crippen LogP contribution in [0.4, 0.5) is 0 Å². The number of aliphatic carboxylic acids is 1. The van der Waals surface area contributed by atoms with Crippen LogP contribution in [0.1, 0.15) is 16.8 Å². The summed E-state index contributed by atoms with van der Waals surface area (Å²) in [4.78, 5) is 35.4. The highest BCUT2D eigenvalue weighted by atomic mass is 16.5. The fourth-order valence-corrected chi connectivity index (χ4v) is 2.25. The Morgan fingerprint density at radius 3 is 2.61 bits per heavy atom. The van der Waals surface area contributed by atoms with Gasteiger partial charge in [0.25, 0.3) is 11.8 Å². The first kappa shape index (κ1) is 16.8. The van der Waals surface area contributed by atoms with Gasteiger partial charge in [-0.05, 0) is 24.3 Å². The standard InChI is InChI=1S/C15H18N2O6/c16-13(18)9-23-11-3-1-10(2-4-11)15(21)17-5-6-22-12(8-17)7-14(19)20/h1-4,12H,5-9H2,(H2,16,18)(H,19,20). The predicted octanol–water partition coefficient (Wildman–Crippen LogP) is -0.134. The van der Waals surface area contributed by atoms with E-state index in [1.165, 1.54) is 0 Å². The van der Waals surface area contributed by atoms with Crippen LogP contribution < -0.4 is 10.5 Å². The lowest BCUT2D eigenvalue weighted by atomic mass is 10.1. The molecule has 3 N–H and O–H groups in total. The molecule has 1 aliphatic rings. The summed E-state index contributed by atoms with van der Waals surface area (Å²) in [5.41, 5.74) is 5.44. The molecule has 1 fully saturated rings. The van der Waals surface area contributed by atoms with Crippen LogP contribution in [0.25, 0.3) is 0 Å². The minimum atomic E-state index is -0.958. The number of carboxylic acids is 1. The second-order valence-corrected chi connectivity index (χ2v) is 5.12. The second-order valence-electron chi connectivity index (χ2n) is 5.12. The molecule has 0 radical (unpaired) electrons. The van der Waals surface area contributed by atoms with Crippen molar-refractivity contribution in [1.29, 1.82) is 0 Å². The molecule has 2 rings (SSSR count). The van der Waals surface area contributed by atoms with Gasteiger partial charge >= 0.3 is 5.97 Å². The van der Waals surface area contributed by atoms with Gasteiger partial charge in [0.15, 0.2) is 6.61 Å². The maximum absolute atomic E-state index is 12.4. The first-order valence-electron chi connectivity index (χ1n) is 7.09. The highest BCUT2D eigenvalue weighted by Gasteiger charge is 2.26. The van der Waals surface area contributed by atoms with Crippen LogP contribution in [-0.2, 0) is 14.3 Å². The van der Waals surface area contributed by atoms with Crippen molar-refractivity contribution in [2.24, 2.45) is 5.73 Å². The van der Waals surface area contributed by atoms with Crippen LogP contribution in [0.5, 0.6) is 5.75 Å². The Labute approximate surface area is 132 Å². The van der Waals surface area contributed by atoms with Gasteiger partial charge in [-0.1, -0.05) is 0 Å². The van der Waals surface area contributed by atoms with Gasteiger partial charge in [0.1, 0.15) is 5.75 Å². The second kappa shape index (κ2) is 7.59. The minimum absolute atomic E-state index is 0.135. The van der Waals surface area contributed by atoms with Crippen molar-refractivity contribution >= 4 is 17.8 Å². The van der Waals surface area contributed by atoms with E-state index in [2.05, 4.69) is 0 Å². The van der Waals surface area contributed by atoms with Gasteiger partial charge < -0.3 is 25.2 Å². The third-order valence-electron chi connectivity index (χ3n) is 3.31. The molecule has 1 saturated heterocycles. The third-order valence-corrected chi connectivity index (χ3v) is 3.31. The molecule has 0 spiro atoms. The fourth-order valence-electron chi connectivity index (χ4n) is 2.25. The quantitative estimate of drug-likeness (QED) is 0.753. The maximum atomic E-state index is 12.4. The van der Waals surface area contributed by atoms with E-state index < -0.39 is 18.0 Å². The number of amides is 2. The lowest BCUT2D eigenvalue weighted by Crippen LogP contribution is -2.46. The molecule has 0 saturated carbocycles. The first-order valence-corrected chi connectivity index (χ1v) is 7.09. The molecule has 8 heteroatoms. The molecule has 1 aliphatic heterocycles. The van der Waals surface area contributed by atoms with Crippen molar-refractivity contribution in [2.45, 2.75) is 12.5 Å². The molecule has 8 nitrogen and oxygen atoms in total. The smallest absolute Gasteiger partial charge is 0.306 e. The zero-order valence-electron chi connectivity index (χ0n) is 12.4. The number of nitrogens with zero attached hydrogens (tertiary/aromatic N) is 1. The number of primary amides is 1. The fraction of sp³-hybridized carbons (Fsp3) is 0.400. The Morgan fingerprint density at radius 2 is 2.00 bits per heavy atom. The maximum Gasteiger partial charge on any atom is 0.306 e. The predicted molar refractivity (Wildman–Crippen MR) is 79.0 cm³/mol. The van der Waals surface area contributed by atoms with Gasteiger partial charge in [-0.25, -0.2) is 0 Å². The number of hydrogen-bond acceptors (Lipinski definition) is 5. The number of nitrogens with two attached hydrogens (primary N) is 1. The summed E-state index contributed by atoms with van der Waals surface area (Å²) in [6.07, 6.45) is -0.632. The highest BCUT2D eigenvalue weighted by molar-refractivity contribution is 5.94. The van der Waals surface area contributed by atoms with E-state index in [-0.39, 0.29) is 25.5 Å². The van der Waals surface area contributed by atoms with Gasteiger partial charge in [0, 0.05) is 18.7 Å². The van der Waals surface area contributed by atoms with Gasteiger partial charge in [-0.2, -0.15) is 0 Å². The SMILES string of the molecule is NC(=O)COc1ccc(C(=O)N2CCOC(CC(=O)O)C2)cc1. The number of carbonyl (C=O) groups excluding carboxylic acids is 2. The summed E-state index contributed by atoms with van der Waals surface area (Å²) < 4.78 is 10.5. The number of benzene rings is 1. The van der Waals surface area contributed by atoms with Crippen LogP contribution in [0.3, 0.4) is 0 Å². The van der Waals surface area contributed by atoms with Crippen molar-refractivity contribution in [3.8, 4) is 5.75 Å². The van der Waals surface area contributed by atoms with Crippen LogP contribution in [-0.4, -0.2) is 60.2 Å². The molecule has 1 heterocycles. The van der Waals surface area contributed by atoms with Crippen molar-refractivity contribution in [2.75, 3.05) is 26.3 Å². The summed E-state index contributed by atoms with van der Waals surface area (Å²) in [6, 6.07) is 6.32. The largest absolute Gasteiger partial charge is 0.484 e. The number of carbonyl (C=O) groups is 3. The monoisotopic (exact) mass is 322 g/mol. The van der Waals surface area contributed by atoms with E-state index in [0.29, 0.717) is 24.5 Å². The summed E-state index contributed by atoms with van der Waals surface area (Å²) >= 11 is 0. The Hall–Kier alpha value is -2.61. The van der Waals surface area contributed by atoms with Crippen LogP contribution in [0.15, 0.2) is 24.3 Å². The molecule has 0 aromatic heterocycles. The van der Waals surface area contributed by atoms with Crippen LogP contribution in [0.2, 0.25) is 0 Å². The molecule has 1 aromatic carbocycles. The van der Waals surface area contributed by atoms with Crippen molar-refractivity contribution in [3.63, 3.8) is 0 Å². The van der Waals surface area contributed by atoms with Crippen molar-refractivity contribution in [3.05, 3.63) is 29.8 Å². The Bertz CT molecular complexity index is 586. The highest BCUT2D eigenvalue weighted by Crippen LogP contribution is 2.16. The third kappa shape index (κ3) is 4.96. The van der Waals surface area contributed by atoms with Gasteiger partial charge in [-0.3, -0.25) is 14.4 Å². The molecule has 1 atom stereocenters. The average molecular weight is 322 g/mol. The van der Waals surface area contributed by atoms with Gasteiger partial charge in [-0.15, -0.1) is 0 Å². The molecule has 1 aromatic rings. The summed E-state index contributed by atoms with van der Waals surface area (Å²) in [5.74, 6) is -1.31. The number of ether oxygens (including phenoxy) is 2. The molecular formula is C15H18N2O6. The summed E-state index contributed by atoms with van der Waals surface area (Å²) in [5, 5.41) is 8.80. The number of carboxylic acid groups (broad SMARTS) is 1. The molecular weight excluding hydrogens is 304 g/mol. The van der Waals surface area contributed by atoms with E-state index in [4.69, 9.17) is 20.3 Å². The lowest BCUT2D eigenvalue weighted by molar-refractivity contribution is -0.141. The summed E-state index contributed by atoms with van der Waals surface area (Å²) in [6.45, 7) is 0.733. The average Bonchev–Trinajstić information content (AvgIpc) is 2.52. The van der Waals surface area contributed by atoms with E-state index in [0.717, 1.165) is 0 Å². The van der Waals surface area contributed by atoms with Crippen LogP contribution >= 0.6 is 0 Å². The molecule has 124 valence electrons. The zero-order valence-corrected chi connectivity index (χ0v) is 12.4. The molecule has 0 aliphatic carbocycles. The van der Waals surface area contributed by atoms with Gasteiger partial charge in [0.05, 0.1) is 19.1 Å².